The highest BCUT2D eigenvalue weighted by atomic mass is 16.7. The molecule has 127 valence electrons. The number of benzene rings is 1. The Hall–Kier alpha value is -2.57. The smallest absolute Gasteiger partial charge is 0.160 e. The molecule has 0 atom stereocenters. The molecule has 0 aliphatic carbocycles. The molecule has 6 heteroatoms. The third-order valence-corrected chi connectivity index (χ3v) is 4.11. The van der Waals surface area contributed by atoms with E-state index in [0.29, 0.717) is 19.0 Å². The highest BCUT2D eigenvalue weighted by Gasteiger charge is 2.15. The summed E-state index contributed by atoms with van der Waals surface area (Å²) in [5, 5.41) is 4.23. The largest absolute Gasteiger partial charge is 0.350 e. The van der Waals surface area contributed by atoms with E-state index in [-0.39, 0.29) is 6.29 Å². The molecule has 0 spiro atoms. The molecule has 25 heavy (non-hydrogen) atoms. The number of rotatable bonds is 6. The van der Waals surface area contributed by atoms with E-state index in [0.717, 1.165) is 36.2 Å². The molecule has 3 aromatic rings. The minimum Gasteiger partial charge on any atom is -0.350 e. The maximum atomic E-state index is 5.46. The fourth-order valence-electron chi connectivity index (χ4n) is 2.83. The van der Waals surface area contributed by atoms with Crippen molar-refractivity contribution in [2.75, 3.05) is 13.2 Å². The maximum absolute atomic E-state index is 5.46. The number of aryl methyl sites for hydroxylation is 1. The number of ether oxygens (including phenoxy) is 2. The molecule has 2 aromatic heterocycles. The van der Waals surface area contributed by atoms with Gasteiger partial charge < -0.3 is 9.47 Å². The average molecular weight is 335 g/mol. The molecule has 1 fully saturated rings. The van der Waals surface area contributed by atoms with Crippen molar-refractivity contribution in [1.82, 2.24) is 19.7 Å². The van der Waals surface area contributed by atoms with Gasteiger partial charge in [0.05, 0.1) is 25.1 Å². The molecule has 0 unspecified atom stereocenters. The monoisotopic (exact) mass is 335 g/mol. The summed E-state index contributed by atoms with van der Waals surface area (Å²) in [6.45, 7) is 1.40. The zero-order chi connectivity index (χ0) is 16.9. The molecule has 4 rings (SSSR count). The van der Waals surface area contributed by atoms with Crippen molar-refractivity contribution in [2.24, 2.45) is 0 Å². The first-order valence-electron chi connectivity index (χ1n) is 8.46. The van der Waals surface area contributed by atoms with Crippen molar-refractivity contribution in [1.29, 1.82) is 0 Å². The Bertz CT molecular complexity index is 797. The van der Waals surface area contributed by atoms with E-state index in [9.17, 15) is 0 Å². The minimum atomic E-state index is -0.0554. The van der Waals surface area contributed by atoms with Crippen molar-refractivity contribution in [3.8, 4) is 17.1 Å². The Kier molecular flexibility index (Phi) is 4.81. The Morgan fingerprint density at radius 3 is 2.76 bits per heavy atom. The van der Waals surface area contributed by atoms with Crippen molar-refractivity contribution in [3.63, 3.8) is 0 Å². The van der Waals surface area contributed by atoms with E-state index in [1.54, 1.807) is 6.20 Å². The normalized spacial score (nSPS) is 14.9. The van der Waals surface area contributed by atoms with Crippen molar-refractivity contribution in [2.45, 2.75) is 25.6 Å². The minimum absolute atomic E-state index is 0.0554. The van der Waals surface area contributed by atoms with Crippen LogP contribution in [0, 0.1) is 6.20 Å². The molecular weight excluding hydrogens is 316 g/mol. The zero-order valence-electron chi connectivity index (χ0n) is 13.8. The van der Waals surface area contributed by atoms with E-state index < -0.39 is 0 Å². The Labute approximate surface area is 146 Å². The van der Waals surface area contributed by atoms with Gasteiger partial charge >= 0.3 is 0 Å². The molecule has 1 aromatic carbocycles. The number of hydrogen-bond donors (Lipinski definition) is 0. The Balaban J connectivity index is 1.41. The van der Waals surface area contributed by atoms with Gasteiger partial charge in [-0.25, -0.2) is 14.6 Å². The highest BCUT2D eigenvalue weighted by Crippen LogP contribution is 2.18. The van der Waals surface area contributed by atoms with Crippen LogP contribution in [0.2, 0.25) is 0 Å². The first kappa shape index (κ1) is 15.9. The van der Waals surface area contributed by atoms with Crippen LogP contribution in [0.1, 0.15) is 18.5 Å². The fourth-order valence-corrected chi connectivity index (χ4v) is 2.83. The van der Waals surface area contributed by atoms with Crippen molar-refractivity contribution >= 4 is 0 Å². The van der Waals surface area contributed by atoms with Crippen molar-refractivity contribution in [3.05, 3.63) is 60.7 Å². The van der Waals surface area contributed by atoms with E-state index >= 15 is 0 Å². The van der Waals surface area contributed by atoms with Gasteiger partial charge in [0.1, 0.15) is 0 Å². The summed E-state index contributed by atoms with van der Waals surface area (Å²) in [6, 6.07) is 11.8. The first-order valence-corrected chi connectivity index (χ1v) is 8.46. The summed E-state index contributed by atoms with van der Waals surface area (Å²) in [6.07, 6.45) is 9.29. The van der Waals surface area contributed by atoms with Gasteiger partial charge in [0.15, 0.2) is 12.1 Å². The van der Waals surface area contributed by atoms with Crippen LogP contribution in [0.3, 0.4) is 0 Å². The van der Waals surface area contributed by atoms with Gasteiger partial charge in [-0.3, -0.25) is 0 Å². The van der Waals surface area contributed by atoms with Gasteiger partial charge in [-0.1, -0.05) is 0 Å². The Morgan fingerprint density at radius 1 is 1.16 bits per heavy atom. The lowest BCUT2D eigenvalue weighted by Crippen LogP contribution is -2.07. The second-order valence-electron chi connectivity index (χ2n) is 5.87. The summed E-state index contributed by atoms with van der Waals surface area (Å²) in [7, 11) is 0. The van der Waals surface area contributed by atoms with Crippen LogP contribution in [-0.2, 0) is 15.9 Å². The lowest BCUT2D eigenvalue weighted by Gasteiger charge is -2.08. The van der Waals surface area contributed by atoms with Crippen molar-refractivity contribution < 1.29 is 9.47 Å². The average Bonchev–Trinajstić information content (AvgIpc) is 3.36. The van der Waals surface area contributed by atoms with Crippen LogP contribution in [0.25, 0.3) is 17.1 Å². The summed E-state index contributed by atoms with van der Waals surface area (Å²) >= 11 is 0. The maximum Gasteiger partial charge on any atom is 0.160 e. The quantitative estimate of drug-likeness (QED) is 0.693. The van der Waals surface area contributed by atoms with Crippen LogP contribution >= 0.6 is 0 Å². The molecule has 1 saturated heterocycles. The molecule has 0 amide bonds. The number of nitrogens with zero attached hydrogens (tertiary/aromatic N) is 4. The van der Waals surface area contributed by atoms with Gasteiger partial charge in [-0.2, -0.15) is 5.10 Å². The molecule has 1 radical (unpaired) electrons. The molecule has 0 bridgehead atoms. The summed E-state index contributed by atoms with van der Waals surface area (Å²) in [4.78, 5) is 8.93. The van der Waals surface area contributed by atoms with Crippen LogP contribution in [0.4, 0.5) is 0 Å². The van der Waals surface area contributed by atoms with Crippen LogP contribution in [0.15, 0.2) is 48.8 Å². The first-order chi connectivity index (χ1) is 12.4. The third-order valence-electron chi connectivity index (χ3n) is 4.11. The molecule has 0 saturated carbocycles. The summed E-state index contributed by atoms with van der Waals surface area (Å²) in [5.74, 6) is 0.692. The van der Waals surface area contributed by atoms with Crippen LogP contribution in [-0.4, -0.2) is 39.3 Å². The molecule has 1 aliphatic heterocycles. The lowest BCUT2D eigenvalue weighted by atomic mass is 10.1. The lowest BCUT2D eigenvalue weighted by molar-refractivity contribution is -0.0476. The number of hydrogen-bond acceptors (Lipinski definition) is 5. The molecular formula is C19H19N4O2. The molecule has 6 nitrogen and oxygen atoms in total. The van der Waals surface area contributed by atoms with E-state index in [4.69, 9.17) is 9.47 Å². The van der Waals surface area contributed by atoms with Gasteiger partial charge in [0, 0.05) is 23.7 Å². The van der Waals surface area contributed by atoms with E-state index in [2.05, 4.69) is 21.3 Å². The SMILES string of the molecule is [c]1cc(CCCC2OCCO2)nc(-c2ccc(-n3cccn3)cc2)n1. The topological polar surface area (TPSA) is 62.1 Å². The molecule has 0 N–H and O–H groups in total. The second kappa shape index (κ2) is 7.55. The predicted molar refractivity (Wildman–Crippen MR) is 92.1 cm³/mol. The predicted octanol–water partition coefficient (Wildman–Crippen LogP) is 2.83. The fraction of sp³-hybridized carbons (Fsp3) is 0.316. The molecule has 1 aliphatic rings. The van der Waals surface area contributed by atoms with Gasteiger partial charge in [-0.05, 0) is 55.7 Å². The van der Waals surface area contributed by atoms with Gasteiger partial charge in [0.2, 0.25) is 0 Å². The highest BCUT2D eigenvalue weighted by molar-refractivity contribution is 5.57. The van der Waals surface area contributed by atoms with Gasteiger partial charge in [-0.15, -0.1) is 0 Å². The van der Waals surface area contributed by atoms with Gasteiger partial charge in [0.25, 0.3) is 0 Å². The molecule has 3 heterocycles. The van der Waals surface area contributed by atoms with E-state index in [1.807, 2.05) is 47.3 Å². The van der Waals surface area contributed by atoms with Crippen LogP contribution < -0.4 is 0 Å². The Morgan fingerprint density at radius 2 is 2.00 bits per heavy atom. The summed E-state index contributed by atoms with van der Waals surface area (Å²) in [5.41, 5.74) is 2.96. The van der Waals surface area contributed by atoms with E-state index in [1.165, 1.54) is 0 Å². The third kappa shape index (κ3) is 3.92. The standard InChI is InChI=1S/C19H19N4O2/c1(4-18-24-13-14-25-18)3-16-9-11-20-19(22-16)15-5-7-17(8-6-15)23-12-2-10-21-23/h2,5-10,12,18H,1,3-4,13-14H2. The zero-order valence-corrected chi connectivity index (χ0v) is 13.8. The summed E-state index contributed by atoms with van der Waals surface area (Å²) < 4.78 is 12.7. The number of aromatic nitrogens is 4. The van der Waals surface area contributed by atoms with Crippen LogP contribution in [0.5, 0.6) is 0 Å². The second-order valence-corrected chi connectivity index (χ2v) is 5.87.